The van der Waals surface area contributed by atoms with Crippen LogP contribution in [0.5, 0.6) is 0 Å². The Bertz CT molecular complexity index is 572. The van der Waals surface area contributed by atoms with Crippen LogP contribution in [0.15, 0.2) is 0 Å². The number of nitrogens with one attached hydrogen (secondary N) is 1. The number of aldehydes is 1. The van der Waals surface area contributed by atoms with Crippen molar-refractivity contribution in [3.63, 3.8) is 0 Å². The molecule has 198 valence electrons. The van der Waals surface area contributed by atoms with E-state index in [-0.39, 0.29) is 30.3 Å². The van der Waals surface area contributed by atoms with E-state index < -0.39 is 11.9 Å². The molecule has 0 aromatic heterocycles. The molecule has 0 aromatic rings. The monoisotopic (exact) mass is 482 g/mol. The van der Waals surface area contributed by atoms with Crippen molar-refractivity contribution < 1.29 is 23.9 Å². The topological polar surface area (TPSA) is 116 Å². The third kappa shape index (κ3) is 23.2. The smallest absolute Gasteiger partial charge is 0.306 e. The van der Waals surface area contributed by atoms with Crippen LogP contribution in [0.2, 0.25) is 0 Å². The van der Waals surface area contributed by atoms with Crippen molar-refractivity contribution in [2.24, 2.45) is 5.73 Å². The van der Waals surface area contributed by atoms with Crippen LogP contribution in [0.4, 0.5) is 0 Å². The Kier molecular flexibility index (Phi) is 19.3. The summed E-state index contributed by atoms with van der Waals surface area (Å²) in [5, 5.41) is 2.65. The van der Waals surface area contributed by atoms with E-state index in [0.29, 0.717) is 19.1 Å². The number of amides is 2. The number of nitrogens with two attached hydrogens (primary N) is 1. The van der Waals surface area contributed by atoms with E-state index in [0.717, 1.165) is 32.1 Å². The molecule has 7 nitrogen and oxygen atoms in total. The fraction of sp³-hybridized carbons (Fsp3) is 0.852. The van der Waals surface area contributed by atoms with Crippen LogP contribution in [0.25, 0.3) is 0 Å². The van der Waals surface area contributed by atoms with Crippen LogP contribution in [-0.2, 0) is 23.9 Å². The SMILES string of the molecule is CC(C)(C)OC(=O)CCCCCCCCCCCCCCCCC(=O)NC(C=O)CCC(N)=O. The number of hydrogen-bond donors (Lipinski definition) is 2. The van der Waals surface area contributed by atoms with E-state index in [9.17, 15) is 19.2 Å². The van der Waals surface area contributed by atoms with Gasteiger partial charge in [-0.2, -0.15) is 0 Å². The third-order valence-electron chi connectivity index (χ3n) is 5.67. The Morgan fingerprint density at radius 3 is 1.53 bits per heavy atom. The van der Waals surface area contributed by atoms with Crippen molar-refractivity contribution in [2.75, 3.05) is 0 Å². The minimum atomic E-state index is -0.621. The van der Waals surface area contributed by atoms with Crippen LogP contribution in [0.1, 0.15) is 136 Å². The number of primary amides is 1. The molecule has 0 bridgehead atoms. The summed E-state index contributed by atoms with van der Waals surface area (Å²) in [5.74, 6) is -0.686. The number of esters is 1. The molecule has 0 radical (unpaired) electrons. The molecule has 0 rings (SSSR count). The lowest BCUT2D eigenvalue weighted by Crippen LogP contribution is -2.36. The summed E-state index contributed by atoms with van der Waals surface area (Å²) >= 11 is 0. The van der Waals surface area contributed by atoms with Gasteiger partial charge in [0.15, 0.2) is 0 Å². The fourth-order valence-corrected chi connectivity index (χ4v) is 3.82. The van der Waals surface area contributed by atoms with E-state index in [2.05, 4.69) is 5.32 Å². The summed E-state index contributed by atoms with van der Waals surface area (Å²) < 4.78 is 5.32. The molecular weight excluding hydrogens is 432 g/mol. The molecule has 0 aliphatic heterocycles. The fourth-order valence-electron chi connectivity index (χ4n) is 3.82. The number of carbonyl (C=O) groups is 4. The number of ether oxygens (including phenoxy) is 1. The van der Waals surface area contributed by atoms with Gasteiger partial charge in [-0.05, 0) is 40.0 Å². The first-order valence-corrected chi connectivity index (χ1v) is 13.4. The first-order valence-electron chi connectivity index (χ1n) is 13.4. The highest BCUT2D eigenvalue weighted by Crippen LogP contribution is 2.15. The highest BCUT2D eigenvalue weighted by Gasteiger charge is 2.15. The molecule has 0 aliphatic carbocycles. The normalized spacial score (nSPS) is 12.2. The average Bonchev–Trinajstić information content (AvgIpc) is 2.74. The summed E-state index contributed by atoms with van der Waals surface area (Å²) in [6.45, 7) is 5.71. The molecule has 2 amide bonds. The number of rotatable bonds is 22. The molecule has 0 fully saturated rings. The molecule has 1 unspecified atom stereocenters. The Morgan fingerprint density at radius 2 is 1.15 bits per heavy atom. The van der Waals surface area contributed by atoms with E-state index in [4.69, 9.17) is 10.5 Å². The van der Waals surface area contributed by atoms with E-state index in [1.807, 2.05) is 20.8 Å². The second-order valence-corrected chi connectivity index (χ2v) is 10.4. The summed E-state index contributed by atoms with van der Waals surface area (Å²) in [5.41, 5.74) is 4.68. The zero-order chi connectivity index (χ0) is 25.7. The molecule has 0 heterocycles. The molecule has 3 N–H and O–H groups in total. The van der Waals surface area contributed by atoms with Gasteiger partial charge in [0.05, 0.1) is 6.04 Å². The lowest BCUT2D eigenvalue weighted by molar-refractivity contribution is -0.155. The van der Waals surface area contributed by atoms with Crippen molar-refractivity contribution in [1.29, 1.82) is 0 Å². The van der Waals surface area contributed by atoms with E-state index >= 15 is 0 Å². The lowest BCUT2D eigenvalue weighted by atomic mass is 10.0. The van der Waals surface area contributed by atoms with Gasteiger partial charge in [-0.15, -0.1) is 0 Å². The van der Waals surface area contributed by atoms with Gasteiger partial charge in [-0.25, -0.2) is 0 Å². The quantitative estimate of drug-likeness (QED) is 0.120. The first kappa shape index (κ1) is 32.1. The minimum Gasteiger partial charge on any atom is -0.460 e. The first-order chi connectivity index (χ1) is 16.1. The summed E-state index contributed by atoms with van der Waals surface area (Å²) in [4.78, 5) is 45.2. The van der Waals surface area contributed by atoms with E-state index in [1.165, 1.54) is 57.8 Å². The van der Waals surface area contributed by atoms with Gasteiger partial charge >= 0.3 is 5.97 Å². The molecule has 34 heavy (non-hydrogen) atoms. The second-order valence-electron chi connectivity index (χ2n) is 10.4. The van der Waals surface area contributed by atoms with Crippen molar-refractivity contribution >= 4 is 24.1 Å². The van der Waals surface area contributed by atoms with Crippen LogP contribution in [0.3, 0.4) is 0 Å². The number of unbranched alkanes of at least 4 members (excludes halogenated alkanes) is 13. The predicted octanol–water partition coefficient (Wildman–Crippen LogP) is 5.52. The molecule has 1 atom stereocenters. The van der Waals surface area contributed by atoms with Crippen molar-refractivity contribution in [1.82, 2.24) is 5.32 Å². The standard InChI is InChI=1S/C27H50N2O5/c1-27(2,3)34-26(33)19-17-15-13-11-9-7-5-4-6-8-10-12-14-16-18-25(32)29-23(22-30)20-21-24(28)31/h22-23H,4-21H2,1-3H3,(H2,28,31)(H,29,32). The maximum Gasteiger partial charge on any atom is 0.306 e. The Balaban J connectivity index is 3.38. The van der Waals surface area contributed by atoms with Crippen LogP contribution >= 0.6 is 0 Å². The Labute approximate surface area is 207 Å². The summed E-state index contributed by atoms with van der Waals surface area (Å²) in [6.07, 6.45) is 18.3. The highest BCUT2D eigenvalue weighted by atomic mass is 16.6. The number of hydrogen-bond acceptors (Lipinski definition) is 5. The zero-order valence-corrected chi connectivity index (χ0v) is 22.0. The van der Waals surface area contributed by atoms with Crippen molar-refractivity contribution in [2.45, 2.75) is 148 Å². The van der Waals surface area contributed by atoms with E-state index in [1.54, 1.807) is 0 Å². The van der Waals surface area contributed by atoms with Crippen molar-refractivity contribution in [3.8, 4) is 0 Å². The average molecular weight is 483 g/mol. The lowest BCUT2D eigenvalue weighted by Gasteiger charge is -2.19. The third-order valence-corrected chi connectivity index (χ3v) is 5.67. The molecule has 0 saturated heterocycles. The Hall–Kier alpha value is -1.92. The van der Waals surface area contributed by atoms with Crippen molar-refractivity contribution in [3.05, 3.63) is 0 Å². The molecule has 0 spiro atoms. The maximum atomic E-state index is 11.9. The van der Waals surface area contributed by atoms with Gasteiger partial charge in [0.2, 0.25) is 11.8 Å². The predicted molar refractivity (Wildman–Crippen MR) is 136 cm³/mol. The maximum absolute atomic E-state index is 11.9. The van der Waals surface area contributed by atoms with Crippen LogP contribution in [0, 0.1) is 0 Å². The van der Waals surface area contributed by atoms with Gasteiger partial charge in [0.1, 0.15) is 11.9 Å². The highest BCUT2D eigenvalue weighted by molar-refractivity contribution is 5.80. The summed E-state index contributed by atoms with van der Waals surface area (Å²) in [6, 6.07) is -0.621. The molecular formula is C27H50N2O5. The van der Waals surface area contributed by atoms with Gasteiger partial charge in [-0.3, -0.25) is 14.4 Å². The largest absolute Gasteiger partial charge is 0.460 e. The van der Waals surface area contributed by atoms with Gasteiger partial charge in [0.25, 0.3) is 0 Å². The van der Waals surface area contributed by atoms with Crippen LogP contribution < -0.4 is 11.1 Å². The zero-order valence-electron chi connectivity index (χ0n) is 22.0. The van der Waals surface area contributed by atoms with Gasteiger partial charge in [0, 0.05) is 19.3 Å². The van der Waals surface area contributed by atoms with Crippen LogP contribution in [-0.4, -0.2) is 35.7 Å². The molecule has 0 aliphatic rings. The Morgan fingerprint density at radius 1 is 0.735 bits per heavy atom. The molecule has 7 heteroatoms. The van der Waals surface area contributed by atoms with Gasteiger partial charge in [-0.1, -0.05) is 77.0 Å². The molecule has 0 saturated carbocycles. The molecule has 0 aromatic carbocycles. The second kappa shape index (κ2) is 20.5. The van der Waals surface area contributed by atoms with Gasteiger partial charge < -0.3 is 20.6 Å². The minimum absolute atomic E-state index is 0.0838. The number of carbonyl (C=O) groups excluding carboxylic acids is 4. The summed E-state index contributed by atoms with van der Waals surface area (Å²) in [7, 11) is 0.